The molecule has 140 valence electrons. The summed E-state index contributed by atoms with van der Waals surface area (Å²) in [4.78, 5) is 14.5. The minimum Gasteiger partial charge on any atom is -0.481 e. The first-order valence-corrected chi connectivity index (χ1v) is 8.95. The molecule has 2 aromatic rings. The molecule has 1 heterocycles. The minimum absolute atomic E-state index is 0. The summed E-state index contributed by atoms with van der Waals surface area (Å²) in [7, 11) is 1.95. The van der Waals surface area contributed by atoms with Crippen LogP contribution in [-0.2, 0) is 4.79 Å². The second-order valence-corrected chi connectivity index (χ2v) is 6.56. The SMILES string of the molecule is CNC1CCCN(C(=O)C(C)Oc2ccc(-c3ccccc3)cc2)C1.Cl. The Hall–Kier alpha value is -2.04. The van der Waals surface area contributed by atoms with Crippen LogP contribution in [0.5, 0.6) is 5.75 Å². The third kappa shape index (κ3) is 4.99. The molecule has 1 aliphatic rings. The molecule has 0 aliphatic carbocycles. The highest BCUT2D eigenvalue weighted by Gasteiger charge is 2.27. The number of nitrogens with one attached hydrogen (secondary N) is 1. The fraction of sp³-hybridized carbons (Fsp3) is 0.381. The molecule has 0 spiro atoms. The maximum Gasteiger partial charge on any atom is 0.263 e. The Balaban J connectivity index is 0.00000243. The largest absolute Gasteiger partial charge is 0.481 e. The molecule has 1 N–H and O–H groups in total. The van der Waals surface area contributed by atoms with Crippen molar-refractivity contribution in [2.75, 3.05) is 20.1 Å². The van der Waals surface area contributed by atoms with Crippen molar-refractivity contribution in [2.45, 2.75) is 31.9 Å². The number of hydrogen-bond donors (Lipinski definition) is 1. The smallest absolute Gasteiger partial charge is 0.263 e. The van der Waals surface area contributed by atoms with E-state index in [0.29, 0.717) is 6.04 Å². The second-order valence-electron chi connectivity index (χ2n) is 6.56. The zero-order chi connectivity index (χ0) is 17.6. The fourth-order valence-corrected chi connectivity index (χ4v) is 3.28. The third-order valence-corrected chi connectivity index (χ3v) is 4.76. The number of amides is 1. The van der Waals surface area contributed by atoms with Gasteiger partial charge in [0, 0.05) is 19.1 Å². The summed E-state index contributed by atoms with van der Waals surface area (Å²) in [6.45, 7) is 3.41. The standard InChI is InChI=1S/C21H26N2O2.ClH/c1-16(21(24)23-14-6-9-19(15-23)22-2)25-20-12-10-18(11-13-20)17-7-4-3-5-8-17;/h3-5,7-8,10-13,16,19,22H,6,9,14-15H2,1-2H3;1H. The Morgan fingerprint density at radius 2 is 1.77 bits per heavy atom. The summed E-state index contributed by atoms with van der Waals surface area (Å²) in [5.41, 5.74) is 2.31. The lowest BCUT2D eigenvalue weighted by Gasteiger charge is -2.34. The molecule has 5 heteroatoms. The van der Waals surface area contributed by atoms with E-state index < -0.39 is 6.10 Å². The van der Waals surface area contributed by atoms with Crippen molar-refractivity contribution in [3.05, 3.63) is 54.6 Å². The summed E-state index contributed by atoms with van der Waals surface area (Å²) in [5.74, 6) is 0.787. The van der Waals surface area contributed by atoms with Crippen LogP contribution >= 0.6 is 12.4 Å². The molecule has 2 unspecified atom stereocenters. The summed E-state index contributed by atoms with van der Waals surface area (Å²) < 4.78 is 5.88. The van der Waals surface area contributed by atoms with E-state index in [1.807, 2.05) is 61.3 Å². The first kappa shape index (κ1) is 20.3. The van der Waals surface area contributed by atoms with Gasteiger partial charge in [0.1, 0.15) is 5.75 Å². The Bertz CT molecular complexity index is 691. The Kier molecular flexibility index (Phi) is 7.49. The molecule has 0 radical (unpaired) electrons. The maximum absolute atomic E-state index is 12.6. The molecule has 26 heavy (non-hydrogen) atoms. The topological polar surface area (TPSA) is 41.6 Å². The van der Waals surface area contributed by atoms with Gasteiger partial charge in [-0.1, -0.05) is 42.5 Å². The lowest BCUT2D eigenvalue weighted by Crippen LogP contribution is -2.50. The Morgan fingerprint density at radius 3 is 2.42 bits per heavy atom. The van der Waals surface area contributed by atoms with Crippen molar-refractivity contribution in [3.63, 3.8) is 0 Å². The van der Waals surface area contributed by atoms with E-state index in [1.165, 1.54) is 5.56 Å². The second kappa shape index (κ2) is 9.60. The molecule has 4 nitrogen and oxygen atoms in total. The molecule has 0 aromatic heterocycles. The van der Waals surface area contributed by atoms with Crippen LogP contribution in [0.1, 0.15) is 19.8 Å². The van der Waals surface area contributed by atoms with Crippen molar-refractivity contribution < 1.29 is 9.53 Å². The van der Waals surface area contributed by atoms with E-state index in [2.05, 4.69) is 17.4 Å². The van der Waals surface area contributed by atoms with Crippen LogP contribution in [0.25, 0.3) is 11.1 Å². The third-order valence-electron chi connectivity index (χ3n) is 4.76. The van der Waals surface area contributed by atoms with Gasteiger partial charge in [-0.25, -0.2) is 0 Å². The van der Waals surface area contributed by atoms with E-state index in [4.69, 9.17) is 4.74 Å². The molecule has 1 aliphatic heterocycles. The number of carbonyl (C=O) groups is 1. The predicted octanol–water partition coefficient (Wildman–Crippen LogP) is 3.75. The highest BCUT2D eigenvalue weighted by molar-refractivity contribution is 5.85. The first-order chi connectivity index (χ1) is 12.2. The molecule has 3 rings (SSSR count). The molecule has 0 bridgehead atoms. The Labute approximate surface area is 162 Å². The van der Waals surface area contributed by atoms with Crippen LogP contribution in [0, 0.1) is 0 Å². The molecule has 2 aromatic carbocycles. The number of likely N-dealkylation sites (N-methyl/N-ethyl adjacent to an activating group) is 1. The lowest BCUT2D eigenvalue weighted by atomic mass is 10.1. The van der Waals surface area contributed by atoms with Crippen LogP contribution in [-0.4, -0.2) is 43.1 Å². The molecule has 2 atom stereocenters. The van der Waals surface area contributed by atoms with Gasteiger partial charge in [0.15, 0.2) is 6.10 Å². The number of rotatable bonds is 5. The molecule has 1 saturated heterocycles. The van der Waals surface area contributed by atoms with Crippen LogP contribution in [0.3, 0.4) is 0 Å². The minimum atomic E-state index is -0.474. The van der Waals surface area contributed by atoms with Crippen molar-refractivity contribution in [2.24, 2.45) is 0 Å². The summed E-state index contributed by atoms with van der Waals surface area (Å²) in [6, 6.07) is 18.5. The molecule has 1 fully saturated rings. The van der Waals surface area contributed by atoms with Gasteiger partial charge in [-0.05, 0) is 50.1 Å². The summed E-state index contributed by atoms with van der Waals surface area (Å²) in [6.07, 6.45) is 1.69. The van der Waals surface area contributed by atoms with Crippen molar-refractivity contribution in [1.29, 1.82) is 0 Å². The van der Waals surface area contributed by atoms with Crippen molar-refractivity contribution in [1.82, 2.24) is 10.2 Å². The van der Waals surface area contributed by atoms with Gasteiger partial charge in [-0.15, -0.1) is 12.4 Å². The van der Waals surface area contributed by atoms with Gasteiger partial charge in [0.05, 0.1) is 0 Å². The van der Waals surface area contributed by atoms with Gasteiger partial charge in [-0.2, -0.15) is 0 Å². The number of hydrogen-bond acceptors (Lipinski definition) is 3. The van der Waals surface area contributed by atoms with Gasteiger partial charge in [-0.3, -0.25) is 4.79 Å². The van der Waals surface area contributed by atoms with E-state index in [-0.39, 0.29) is 18.3 Å². The number of halogens is 1. The van der Waals surface area contributed by atoms with Gasteiger partial charge >= 0.3 is 0 Å². The normalized spacial score (nSPS) is 17.9. The average molecular weight is 375 g/mol. The highest BCUT2D eigenvalue weighted by Crippen LogP contribution is 2.23. The number of ether oxygens (including phenoxy) is 1. The van der Waals surface area contributed by atoms with Gasteiger partial charge in [0.25, 0.3) is 5.91 Å². The van der Waals surface area contributed by atoms with Crippen LogP contribution < -0.4 is 10.1 Å². The zero-order valence-corrected chi connectivity index (χ0v) is 16.2. The number of likely N-dealkylation sites (tertiary alicyclic amines) is 1. The van der Waals surface area contributed by atoms with Crippen LogP contribution in [0.4, 0.5) is 0 Å². The summed E-state index contributed by atoms with van der Waals surface area (Å²) in [5, 5.41) is 3.26. The van der Waals surface area contributed by atoms with Gasteiger partial charge in [0.2, 0.25) is 0 Å². The van der Waals surface area contributed by atoms with E-state index in [9.17, 15) is 4.79 Å². The predicted molar refractivity (Wildman–Crippen MR) is 108 cm³/mol. The molecular formula is C21H27ClN2O2. The summed E-state index contributed by atoms with van der Waals surface area (Å²) >= 11 is 0. The van der Waals surface area contributed by atoms with Crippen molar-refractivity contribution >= 4 is 18.3 Å². The number of carbonyl (C=O) groups excluding carboxylic acids is 1. The first-order valence-electron chi connectivity index (χ1n) is 8.95. The fourth-order valence-electron chi connectivity index (χ4n) is 3.28. The van der Waals surface area contributed by atoms with Gasteiger partial charge < -0.3 is 15.0 Å². The van der Waals surface area contributed by atoms with Crippen LogP contribution in [0.15, 0.2) is 54.6 Å². The molecule has 1 amide bonds. The van der Waals surface area contributed by atoms with E-state index in [1.54, 1.807) is 0 Å². The van der Waals surface area contributed by atoms with E-state index >= 15 is 0 Å². The Morgan fingerprint density at radius 1 is 1.12 bits per heavy atom. The lowest BCUT2D eigenvalue weighted by molar-refractivity contribution is -0.139. The monoisotopic (exact) mass is 374 g/mol. The van der Waals surface area contributed by atoms with E-state index in [0.717, 1.165) is 37.2 Å². The highest BCUT2D eigenvalue weighted by atomic mass is 35.5. The number of piperidine rings is 1. The van der Waals surface area contributed by atoms with Crippen molar-refractivity contribution in [3.8, 4) is 16.9 Å². The molecular weight excluding hydrogens is 348 g/mol. The zero-order valence-electron chi connectivity index (χ0n) is 15.4. The molecule has 0 saturated carbocycles. The number of nitrogens with zero attached hydrogens (tertiary/aromatic N) is 1. The maximum atomic E-state index is 12.6. The quantitative estimate of drug-likeness (QED) is 0.866. The average Bonchev–Trinajstić information content (AvgIpc) is 2.68. The number of benzene rings is 2. The van der Waals surface area contributed by atoms with Crippen LogP contribution in [0.2, 0.25) is 0 Å².